The number of nitro benzene ring substituents is 1. The quantitative estimate of drug-likeness (QED) is 0.610. The van der Waals surface area contributed by atoms with E-state index in [1.807, 2.05) is 19.1 Å². The Kier molecular flexibility index (Phi) is 6.26. The van der Waals surface area contributed by atoms with Gasteiger partial charge in [0.2, 0.25) is 0 Å². The van der Waals surface area contributed by atoms with Crippen LogP contribution in [0.3, 0.4) is 0 Å². The Bertz CT molecular complexity index is 805. The van der Waals surface area contributed by atoms with Crippen molar-refractivity contribution in [2.75, 3.05) is 0 Å². The topological polar surface area (TPSA) is 111 Å². The Morgan fingerprint density at radius 2 is 1.85 bits per heavy atom. The SMILES string of the molecule is CCC(Oc1ccc(C)cc1)C(=O)NNC(=O)c1cccc([N+](=O)[O-])c1. The van der Waals surface area contributed by atoms with Gasteiger partial charge in [0.1, 0.15) is 5.75 Å². The smallest absolute Gasteiger partial charge is 0.279 e. The second-order valence-electron chi connectivity index (χ2n) is 5.58. The van der Waals surface area contributed by atoms with Crippen molar-refractivity contribution >= 4 is 17.5 Å². The summed E-state index contributed by atoms with van der Waals surface area (Å²) in [4.78, 5) is 34.4. The summed E-state index contributed by atoms with van der Waals surface area (Å²) in [6, 6.07) is 12.5. The third-order valence-corrected chi connectivity index (χ3v) is 3.58. The molecule has 0 heterocycles. The summed E-state index contributed by atoms with van der Waals surface area (Å²) in [5.41, 5.74) is 5.43. The standard InChI is InChI=1S/C18H19N3O5/c1-3-16(26-15-9-7-12(2)8-10-15)18(23)20-19-17(22)13-5-4-6-14(11-13)21(24)25/h4-11,16H,3H2,1-2H3,(H,19,22)(H,20,23). The van der Waals surface area contributed by atoms with E-state index in [1.54, 1.807) is 19.1 Å². The first-order valence-electron chi connectivity index (χ1n) is 7.98. The van der Waals surface area contributed by atoms with Crippen LogP contribution in [0.4, 0.5) is 5.69 Å². The van der Waals surface area contributed by atoms with E-state index in [0.29, 0.717) is 12.2 Å². The summed E-state index contributed by atoms with van der Waals surface area (Å²) in [6.45, 7) is 3.72. The van der Waals surface area contributed by atoms with Crippen LogP contribution in [0.1, 0.15) is 29.3 Å². The Morgan fingerprint density at radius 1 is 1.15 bits per heavy atom. The number of aryl methyl sites for hydroxylation is 1. The molecule has 0 saturated heterocycles. The predicted molar refractivity (Wildman–Crippen MR) is 94.6 cm³/mol. The molecule has 2 rings (SSSR count). The van der Waals surface area contributed by atoms with Crippen molar-refractivity contribution in [3.8, 4) is 5.75 Å². The zero-order valence-corrected chi connectivity index (χ0v) is 14.4. The fourth-order valence-corrected chi connectivity index (χ4v) is 2.14. The van der Waals surface area contributed by atoms with E-state index in [9.17, 15) is 19.7 Å². The minimum atomic E-state index is -0.789. The average Bonchev–Trinajstić information content (AvgIpc) is 2.65. The maximum atomic E-state index is 12.2. The highest BCUT2D eigenvalue weighted by Crippen LogP contribution is 2.15. The van der Waals surface area contributed by atoms with Gasteiger partial charge in [-0.05, 0) is 31.5 Å². The number of amides is 2. The van der Waals surface area contributed by atoms with E-state index in [0.717, 1.165) is 11.6 Å². The van der Waals surface area contributed by atoms with Crippen molar-refractivity contribution in [1.82, 2.24) is 10.9 Å². The lowest BCUT2D eigenvalue weighted by Crippen LogP contribution is -2.47. The minimum absolute atomic E-state index is 0.0620. The van der Waals surface area contributed by atoms with Crippen molar-refractivity contribution in [2.45, 2.75) is 26.4 Å². The summed E-state index contributed by atoms with van der Waals surface area (Å²) in [5.74, 6) is -0.637. The number of non-ortho nitro benzene ring substituents is 1. The molecule has 0 spiro atoms. The van der Waals surface area contributed by atoms with Crippen molar-refractivity contribution < 1.29 is 19.2 Å². The van der Waals surface area contributed by atoms with Gasteiger partial charge in [-0.1, -0.05) is 30.7 Å². The number of hydrogen-bond donors (Lipinski definition) is 2. The van der Waals surface area contributed by atoms with Crippen LogP contribution in [-0.2, 0) is 4.79 Å². The summed E-state index contributed by atoms with van der Waals surface area (Å²) < 4.78 is 5.62. The molecule has 2 aromatic rings. The molecule has 8 nitrogen and oxygen atoms in total. The minimum Gasteiger partial charge on any atom is -0.481 e. The molecule has 0 bridgehead atoms. The second-order valence-corrected chi connectivity index (χ2v) is 5.58. The molecular weight excluding hydrogens is 338 g/mol. The van der Waals surface area contributed by atoms with Gasteiger partial charge in [0.25, 0.3) is 17.5 Å². The van der Waals surface area contributed by atoms with Gasteiger partial charge in [0.05, 0.1) is 4.92 Å². The number of nitro groups is 1. The zero-order valence-electron chi connectivity index (χ0n) is 14.4. The first-order valence-corrected chi connectivity index (χ1v) is 7.98. The molecule has 0 aliphatic carbocycles. The first kappa shape index (κ1) is 18.9. The highest BCUT2D eigenvalue weighted by molar-refractivity contribution is 5.96. The summed E-state index contributed by atoms with van der Waals surface area (Å²) in [7, 11) is 0. The highest BCUT2D eigenvalue weighted by atomic mass is 16.6. The molecule has 0 aromatic heterocycles. The molecule has 1 atom stereocenters. The lowest BCUT2D eigenvalue weighted by Gasteiger charge is -2.17. The molecule has 8 heteroatoms. The largest absolute Gasteiger partial charge is 0.481 e. The third kappa shape index (κ3) is 5.04. The molecule has 136 valence electrons. The normalized spacial score (nSPS) is 11.3. The van der Waals surface area contributed by atoms with E-state index in [-0.39, 0.29) is 11.3 Å². The molecule has 0 aliphatic rings. The van der Waals surface area contributed by atoms with E-state index >= 15 is 0 Å². The fourth-order valence-electron chi connectivity index (χ4n) is 2.14. The lowest BCUT2D eigenvalue weighted by molar-refractivity contribution is -0.384. The van der Waals surface area contributed by atoms with Gasteiger partial charge >= 0.3 is 0 Å². The molecule has 26 heavy (non-hydrogen) atoms. The number of hydrazine groups is 1. The Labute approximate surface area is 150 Å². The highest BCUT2D eigenvalue weighted by Gasteiger charge is 2.19. The second kappa shape index (κ2) is 8.61. The monoisotopic (exact) mass is 357 g/mol. The summed E-state index contributed by atoms with van der Waals surface area (Å²) in [6.07, 6.45) is -0.394. The van der Waals surface area contributed by atoms with Crippen LogP contribution in [0.25, 0.3) is 0 Å². The van der Waals surface area contributed by atoms with Crippen LogP contribution < -0.4 is 15.6 Å². The van der Waals surface area contributed by atoms with Crippen LogP contribution >= 0.6 is 0 Å². The number of nitrogens with zero attached hydrogens (tertiary/aromatic N) is 1. The van der Waals surface area contributed by atoms with E-state index < -0.39 is 22.8 Å². The van der Waals surface area contributed by atoms with Gasteiger partial charge in [-0.15, -0.1) is 0 Å². The van der Waals surface area contributed by atoms with E-state index in [2.05, 4.69) is 10.9 Å². The molecule has 0 aliphatic heterocycles. The maximum absolute atomic E-state index is 12.2. The third-order valence-electron chi connectivity index (χ3n) is 3.58. The number of hydrogen-bond acceptors (Lipinski definition) is 5. The summed E-state index contributed by atoms with van der Waals surface area (Å²) >= 11 is 0. The lowest BCUT2D eigenvalue weighted by atomic mass is 10.2. The van der Waals surface area contributed by atoms with Gasteiger partial charge < -0.3 is 4.74 Å². The van der Waals surface area contributed by atoms with E-state index in [1.165, 1.54) is 18.2 Å². The zero-order chi connectivity index (χ0) is 19.1. The number of nitrogens with one attached hydrogen (secondary N) is 2. The van der Waals surface area contributed by atoms with Crippen LogP contribution in [0.2, 0.25) is 0 Å². The maximum Gasteiger partial charge on any atom is 0.279 e. The Morgan fingerprint density at radius 3 is 2.46 bits per heavy atom. The predicted octanol–water partition coefficient (Wildman–Crippen LogP) is 2.52. The molecule has 1 unspecified atom stereocenters. The van der Waals surface area contributed by atoms with Crippen LogP contribution in [-0.4, -0.2) is 22.8 Å². The van der Waals surface area contributed by atoms with Gasteiger partial charge in [0.15, 0.2) is 6.10 Å². The molecule has 0 fully saturated rings. The van der Waals surface area contributed by atoms with Crippen molar-refractivity contribution in [3.05, 3.63) is 69.8 Å². The van der Waals surface area contributed by atoms with E-state index in [4.69, 9.17) is 4.74 Å². The molecule has 0 saturated carbocycles. The number of carbonyl (C=O) groups excluding carboxylic acids is 2. The van der Waals surface area contributed by atoms with Gasteiger partial charge in [-0.25, -0.2) is 0 Å². The van der Waals surface area contributed by atoms with Crippen molar-refractivity contribution in [2.24, 2.45) is 0 Å². The van der Waals surface area contributed by atoms with Crippen LogP contribution in [0, 0.1) is 17.0 Å². The Hall–Kier alpha value is -3.42. The Balaban J connectivity index is 1.95. The van der Waals surface area contributed by atoms with Gasteiger partial charge in [0, 0.05) is 17.7 Å². The molecule has 2 N–H and O–H groups in total. The number of carbonyl (C=O) groups is 2. The molecule has 2 aromatic carbocycles. The number of rotatable bonds is 6. The summed E-state index contributed by atoms with van der Waals surface area (Å²) in [5, 5.41) is 10.8. The molecule has 2 amide bonds. The fraction of sp³-hybridized carbons (Fsp3) is 0.222. The van der Waals surface area contributed by atoms with Gasteiger partial charge in [-0.2, -0.15) is 0 Å². The van der Waals surface area contributed by atoms with Crippen molar-refractivity contribution in [3.63, 3.8) is 0 Å². The number of ether oxygens (including phenoxy) is 1. The first-order chi connectivity index (χ1) is 12.4. The van der Waals surface area contributed by atoms with Crippen LogP contribution in [0.5, 0.6) is 5.75 Å². The van der Waals surface area contributed by atoms with Gasteiger partial charge in [-0.3, -0.25) is 30.6 Å². The van der Waals surface area contributed by atoms with Crippen molar-refractivity contribution in [1.29, 1.82) is 0 Å². The van der Waals surface area contributed by atoms with Crippen LogP contribution in [0.15, 0.2) is 48.5 Å². The average molecular weight is 357 g/mol. The molecular formula is C18H19N3O5. The molecule has 0 radical (unpaired) electrons. The number of benzene rings is 2.